The van der Waals surface area contributed by atoms with Crippen molar-refractivity contribution in [1.82, 2.24) is 9.88 Å². The first kappa shape index (κ1) is 15.1. The summed E-state index contributed by atoms with van der Waals surface area (Å²) in [5.74, 6) is 0.753. The van der Waals surface area contributed by atoms with E-state index in [4.69, 9.17) is 5.73 Å². The zero-order valence-electron chi connectivity index (χ0n) is 11.8. The number of hydrogen-bond donors (Lipinski definition) is 1. The van der Waals surface area contributed by atoms with Gasteiger partial charge in [0.25, 0.3) is 0 Å². The molecule has 2 N–H and O–H groups in total. The minimum atomic E-state index is 0.753. The van der Waals surface area contributed by atoms with Gasteiger partial charge >= 0.3 is 0 Å². The molecule has 1 unspecified atom stereocenters. The third kappa shape index (κ3) is 6.12. The molecule has 3 heteroatoms. The Morgan fingerprint density at radius 1 is 1.33 bits per heavy atom. The number of pyridine rings is 1. The lowest BCUT2D eigenvalue weighted by Gasteiger charge is -2.20. The monoisotopic (exact) mass is 249 g/mol. The molecule has 0 saturated carbocycles. The van der Waals surface area contributed by atoms with E-state index in [1.54, 1.807) is 0 Å². The van der Waals surface area contributed by atoms with Gasteiger partial charge in [0.1, 0.15) is 0 Å². The first-order valence-corrected chi connectivity index (χ1v) is 7.08. The van der Waals surface area contributed by atoms with Gasteiger partial charge < -0.3 is 5.73 Å². The maximum atomic E-state index is 5.57. The summed E-state index contributed by atoms with van der Waals surface area (Å²) < 4.78 is 0. The SMILES string of the molecule is CCN(CCCC(C)CCN)Cc1ccccn1. The van der Waals surface area contributed by atoms with Gasteiger partial charge in [-0.05, 0) is 56.9 Å². The van der Waals surface area contributed by atoms with Crippen LogP contribution in [0.15, 0.2) is 24.4 Å². The Morgan fingerprint density at radius 2 is 2.17 bits per heavy atom. The zero-order chi connectivity index (χ0) is 13.2. The molecule has 0 fully saturated rings. The van der Waals surface area contributed by atoms with Crippen LogP contribution in [-0.2, 0) is 6.54 Å². The summed E-state index contributed by atoms with van der Waals surface area (Å²) in [6.07, 6.45) is 5.54. The van der Waals surface area contributed by atoms with Crippen LogP contribution in [0.3, 0.4) is 0 Å². The molecule has 0 aromatic carbocycles. The van der Waals surface area contributed by atoms with Crippen LogP contribution >= 0.6 is 0 Å². The van der Waals surface area contributed by atoms with Crippen molar-refractivity contribution < 1.29 is 0 Å². The molecule has 0 aliphatic rings. The van der Waals surface area contributed by atoms with Gasteiger partial charge in [0.2, 0.25) is 0 Å². The van der Waals surface area contributed by atoms with Crippen molar-refractivity contribution in [2.24, 2.45) is 11.7 Å². The van der Waals surface area contributed by atoms with E-state index < -0.39 is 0 Å². The van der Waals surface area contributed by atoms with Crippen molar-refractivity contribution >= 4 is 0 Å². The molecule has 0 amide bonds. The van der Waals surface area contributed by atoms with Crippen LogP contribution in [0.25, 0.3) is 0 Å². The molecule has 1 heterocycles. The molecular formula is C15H27N3. The van der Waals surface area contributed by atoms with Gasteiger partial charge in [-0.2, -0.15) is 0 Å². The molecule has 0 saturated heterocycles. The largest absolute Gasteiger partial charge is 0.330 e. The Morgan fingerprint density at radius 3 is 2.78 bits per heavy atom. The fourth-order valence-corrected chi connectivity index (χ4v) is 2.16. The van der Waals surface area contributed by atoms with E-state index in [1.165, 1.54) is 12.8 Å². The van der Waals surface area contributed by atoms with Gasteiger partial charge in [-0.25, -0.2) is 0 Å². The predicted octanol–water partition coefficient (Wildman–Crippen LogP) is 2.67. The Hall–Kier alpha value is -0.930. The second-order valence-corrected chi connectivity index (χ2v) is 5.01. The van der Waals surface area contributed by atoms with Crippen molar-refractivity contribution in [2.45, 2.75) is 39.7 Å². The molecular weight excluding hydrogens is 222 g/mol. The molecule has 102 valence electrons. The van der Waals surface area contributed by atoms with Crippen LogP contribution < -0.4 is 5.73 Å². The average Bonchev–Trinajstić information content (AvgIpc) is 2.39. The minimum Gasteiger partial charge on any atom is -0.330 e. The lowest BCUT2D eigenvalue weighted by molar-refractivity contribution is 0.263. The van der Waals surface area contributed by atoms with E-state index in [2.05, 4.69) is 35.9 Å². The van der Waals surface area contributed by atoms with E-state index in [-0.39, 0.29) is 0 Å². The van der Waals surface area contributed by atoms with Gasteiger partial charge in [-0.15, -0.1) is 0 Å². The minimum absolute atomic E-state index is 0.753. The smallest absolute Gasteiger partial charge is 0.0543 e. The van der Waals surface area contributed by atoms with Gasteiger partial charge in [-0.3, -0.25) is 9.88 Å². The molecule has 1 atom stereocenters. The van der Waals surface area contributed by atoms with Crippen molar-refractivity contribution in [3.05, 3.63) is 30.1 Å². The number of hydrogen-bond acceptors (Lipinski definition) is 3. The number of nitrogens with two attached hydrogens (primary N) is 1. The number of nitrogens with zero attached hydrogens (tertiary/aromatic N) is 2. The van der Waals surface area contributed by atoms with E-state index in [0.717, 1.165) is 44.2 Å². The summed E-state index contributed by atoms with van der Waals surface area (Å²) in [6.45, 7) is 8.52. The summed E-state index contributed by atoms with van der Waals surface area (Å²) >= 11 is 0. The summed E-state index contributed by atoms with van der Waals surface area (Å²) in [7, 11) is 0. The van der Waals surface area contributed by atoms with Crippen LogP contribution in [0.2, 0.25) is 0 Å². The number of aromatic nitrogens is 1. The highest BCUT2D eigenvalue weighted by atomic mass is 15.1. The first-order valence-electron chi connectivity index (χ1n) is 7.08. The lowest BCUT2D eigenvalue weighted by Crippen LogP contribution is -2.25. The molecule has 1 aromatic heterocycles. The Bertz CT molecular complexity index is 300. The highest BCUT2D eigenvalue weighted by Crippen LogP contribution is 2.10. The summed E-state index contributed by atoms with van der Waals surface area (Å²) in [4.78, 5) is 6.84. The summed E-state index contributed by atoms with van der Waals surface area (Å²) in [5, 5.41) is 0. The van der Waals surface area contributed by atoms with Crippen LogP contribution in [0.4, 0.5) is 0 Å². The lowest BCUT2D eigenvalue weighted by atomic mass is 10.0. The van der Waals surface area contributed by atoms with Crippen molar-refractivity contribution in [3.8, 4) is 0 Å². The Labute approximate surface area is 111 Å². The van der Waals surface area contributed by atoms with Crippen LogP contribution in [0.1, 0.15) is 38.8 Å². The zero-order valence-corrected chi connectivity index (χ0v) is 11.8. The standard InChI is InChI=1S/C15H27N3/c1-3-18(12-6-7-14(2)9-10-16)13-15-8-4-5-11-17-15/h4-5,8,11,14H,3,6-7,9-10,12-13,16H2,1-2H3. The summed E-state index contributed by atoms with van der Waals surface area (Å²) in [5.41, 5.74) is 6.73. The fraction of sp³-hybridized carbons (Fsp3) is 0.667. The van der Waals surface area contributed by atoms with Gasteiger partial charge in [0.15, 0.2) is 0 Å². The molecule has 0 aliphatic carbocycles. The molecule has 3 nitrogen and oxygen atoms in total. The second-order valence-electron chi connectivity index (χ2n) is 5.01. The van der Waals surface area contributed by atoms with E-state index in [1.807, 2.05) is 12.3 Å². The first-order chi connectivity index (χ1) is 8.76. The third-order valence-electron chi connectivity index (χ3n) is 3.39. The molecule has 0 spiro atoms. The molecule has 18 heavy (non-hydrogen) atoms. The van der Waals surface area contributed by atoms with Crippen molar-refractivity contribution in [2.75, 3.05) is 19.6 Å². The van der Waals surface area contributed by atoms with Gasteiger partial charge in [0, 0.05) is 12.7 Å². The van der Waals surface area contributed by atoms with Gasteiger partial charge in [-0.1, -0.05) is 19.9 Å². The third-order valence-corrected chi connectivity index (χ3v) is 3.39. The fourth-order valence-electron chi connectivity index (χ4n) is 2.16. The second kappa shape index (κ2) is 9.06. The maximum Gasteiger partial charge on any atom is 0.0543 e. The topological polar surface area (TPSA) is 42.1 Å². The average molecular weight is 249 g/mol. The normalized spacial score (nSPS) is 12.9. The van der Waals surface area contributed by atoms with Gasteiger partial charge in [0.05, 0.1) is 5.69 Å². The van der Waals surface area contributed by atoms with E-state index >= 15 is 0 Å². The molecule has 0 bridgehead atoms. The molecule has 1 rings (SSSR count). The van der Waals surface area contributed by atoms with Crippen LogP contribution in [-0.4, -0.2) is 29.5 Å². The quantitative estimate of drug-likeness (QED) is 0.731. The Balaban J connectivity index is 2.25. The molecule has 0 aliphatic heterocycles. The maximum absolute atomic E-state index is 5.57. The predicted molar refractivity (Wildman–Crippen MR) is 77.3 cm³/mol. The summed E-state index contributed by atoms with van der Waals surface area (Å²) in [6, 6.07) is 6.12. The van der Waals surface area contributed by atoms with E-state index in [9.17, 15) is 0 Å². The Kier molecular flexibility index (Phi) is 7.62. The molecule has 1 aromatic rings. The highest BCUT2D eigenvalue weighted by molar-refractivity contribution is 5.03. The number of rotatable bonds is 9. The van der Waals surface area contributed by atoms with Crippen LogP contribution in [0.5, 0.6) is 0 Å². The highest BCUT2D eigenvalue weighted by Gasteiger charge is 2.06. The van der Waals surface area contributed by atoms with Crippen LogP contribution in [0, 0.1) is 5.92 Å². The van der Waals surface area contributed by atoms with Crippen molar-refractivity contribution in [1.29, 1.82) is 0 Å². The van der Waals surface area contributed by atoms with E-state index in [0.29, 0.717) is 0 Å². The molecule has 0 radical (unpaired) electrons. The van der Waals surface area contributed by atoms with Crippen molar-refractivity contribution in [3.63, 3.8) is 0 Å².